The molecule has 0 atom stereocenters. The van der Waals surface area contributed by atoms with Crippen LogP contribution >= 0.6 is 0 Å². The van der Waals surface area contributed by atoms with Gasteiger partial charge in [-0.2, -0.15) is 0 Å². The lowest BCUT2D eigenvalue weighted by Gasteiger charge is -2.32. The molecule has 0 aromatic heterocycles. The minimum Gasteiger partial charge on any atom is -0.508 e. The molecule has 3 aromatic rings. The molecule has 33 heavy (non-hydrogen) atoms. The molecule has 0 unspecified atom stereocenters. The van der Waals surface area contributed by atoms with Crippen LogP contribution in [0.2, 0.25) is 0 Å². The van der Waals surface area contributed by atoms with E-state index in [1.807, 2.05) is 12.1 Å². The number of hydrogen-bond donors (Lipinski definition) is 1. The number of phenolic OH excluding ortho intramolecular Hbond substituents is 1. The third-order valence-electron chi connectivity index (χ3n) is 8.07. The molecule has 1 nitrogen and oxygen atoms in total. The monoisotopic (exact) mass is 442 g/mol. The van der Waals surface area contributed by atoms with Crippen LogP contribution in [0.4, 0.5) is 0 Å². The van der Waals surface area contributed by atoms with Crippen LogP contribution in [-0.4, -0.2) is 5.11 Å². The minimum absolute atomic E-state index is 0.0361. The van der Waals surface area contributed by atoms with Crippen molar-refractivity contribution in [2.24, 2.45) is 0 Å². The highest BCUT2D eigenvalue weighted by Crippen LogP contribution is 2.39. The van der Waals surface area contributed by atoms with Gasteiger partial charge in [0.15, 0.2) is 0 Å². The van der Waals surface area contributed by atoms with E-state index < -0.39 is 0 Å². The average molecular weight is 443 g/mol. The number of phenols is 1. The van der Waals surface area contributed by atoms with E-state index in [1.54, 1.807) is 0 Å². The van der Waals surface area contributed by atoms with Crippen molar-refractivity contribution in [3.05, 3.63) is 98.1 Å². The Morgan fingerprint density at radius 1 is 0.576 bits per heavy atom. The Hall–Kier alpha value is -2.54. The molecule has 0 aliphatic heterocycles. The average Bonchev–Trinajstić information content (AvgIpc) is 2.72. The van der Waals surface area contributed by atoms with Gasteiger partial charge in [-0.1, -0.05) is 64.1 Å². The van der Waals surface area contributed by atoms with Gasteiger partial charge < -0.3 is 5.11 Å². The van der Waals surface area contributed by atoms with Gasteiger partial charge in [-0.05, 0) is 127 Å². The first-order chi connectivity index (χ1) is 15.3. The Morgan fingerprint density at radius 3 is 1.52 bits per heavy atom. The lowest BCUT2D eigenvalue weighted by atomic mass is 9.72. The van der Waals surface area contributed by atoms with Crippen molar-refractivity contribution in [2.75, 3.05) is 0 Å². The van der Waals surface area contributed by atoms with Crippen LogP contribution < -0.4 is 0 Å². The summed E-state index contributed by atoms with van der Waals surface area (Å²) in [7, 11) is 0. The Morgan fingerprint density at radius 2 is 1.03 bits per heavy atom. The maximum absolute atomic E-state index is 11.0. The van der Waals surface area contributed by atoms with E-state index in [-0.39, 0.29) is 10.8 Å². The molecule has 3 rings (SSSR count). The van der Waals surface area contributed by atoms with Crippen LogP contribution in [0, 0.1) is 41.5 Å². The fourth-order valence-electron chi connectivity index (χ4n) is 5.48. The highest BCUT2D eigenvalue weighted by atomic mass is 16.3. The molecule has 0 heterocycles. The summed E-state index contributed by atoms with van der Waals surface area (Å²) in [6.07, 6.45) is 1.70. The second-order valence-electron chi connectivity index (χ2n) is 11.4. The Bertz CT molecular complexity index is 1180. The molecule has 3 aromatic carbocycles. The molecular formula is C32H42O. The highest BCUT2D eigenvalue weighted by molar-refractivity contribution is 5.48. The summed E-state index contributed by atoms with van der Waals surface area (Å²) in [5, 5.41) is 11.0. The zero-order valence-corrected chi connectivity index (χ0v) is 22.4. The van der Waals surface area contributed by atoms with Gasteiger partial charge in [0, 0.05) is 0 Å². The van der Waals surface area contributed by atoms with Gasteiger partial charge in [-0.25, -0.2) is 0 Å². The first-order valence-electron chi connectivity index (χ1n) is 12.2. The summed E-state index contributed by atoms with van der Waals surface area (Å²) in [6.45, 7) is 22.5. The molecule has 0 radical (unpaired) electrons. The predicted molar refractivity (Wildman–Crippen MR) is 143 cm³/mol. The fraction of sp³-hybridized carbons (Fsp3) is 0.438. The van der Waals surface area contributed by atoms with Crippen molar-refractivity contribution in [1.29, 1.82) is 0 Å². The summed E-state index contributed by atoms with van der Waals surface area (Å²) in [4.78, 5) is 0. The third-order valence-corrected chi connectivity index (χ3v) is 8.07. The predicted octanol–water partition coefficient (Wildman–Crippen LogP) is 8.28. The van der Waals surface area contributed by atoms with Crippen molar-refractivity contribution in [3.8, 4) is 5.75 Å². The number of hydrogen-bond acceptors (Lipinski definition) is 1. The normalized spacial score (nSPS) is 12.3. The lowest BCUT2D eigenvalue weighted by molar-refractivity contribution is 0.442. The topological polar surface area (TPSA) is 20.2 Å². The van der Waals surface area contributed by atoms with Gasteiger partial charge in [-0.3, -0.25) is 0 Å². The Balaban J connectivity index is 2.02. The van der Waals surface area contributed by atoms with Crippen LogP contribution in [0.3, 0.4) is 0 Å². The number of rotatable bonds is 6. The highest BCUT2D eigenvalue weighted by Gasteiger charge is 2.29. The van der Waals surface area contributed by atoms with E-state index in [0.717, 1.165) is 18.4 Å². The molecule has 0 aliphatic rings. The minimum atomic E-state index is -0.0867. The molecule has 0 amide bonds. The van der Waals surface area contributed by atoms with E-state index in [4.69, 9.17) is 0 Å². The molecule has 0 aliphatic carbocycles. The second kappa shape index (κ2) is 9.01. The standard InChI is InChI=1S/C32H42O/c1-20-14-16-28(24(5)22(20)3)31(7,8)18-26-12-11-13-30(33)27(26)19-32(9,10)29-17-15-21(2)23(4)25(29)6/h11-17,33H,18-19H2,1-10H3. The van der Waals surface area contributed by atoms with Crippen LogP contribution in [0.15, 0.2) is 42.5 Å². The lowest BCUT2D eigenvalue weighted by Crippen LogP contribution is -2.26. The van der Waals surface area contributed by atoms with Gasteiger partial charge in [0.1, 0.15) is 5.75 Å². The van der Waals surface area contributed by atoms with Crippen LogP contribution in [0.1, 0.15) is 83.3 Å². The molecule has 0 saturated carbocycles. The van der Waals surface area contributed by atoms with E-state index in [1.165, 1.54) is 50.1 Å². The summed E-state index contributed by atoms with van der Waals surface area (Å²) >= 11 is 0. The smallest absolute Gasteiger partial charge is 0.119 e. The van der Waals surface area contributed by atoms with E-state index >= 15 is 0 Å². The second-order valence-corrected chi connectivity index (χ2v) is 11.4. The summed E-state index contributed by atoms with van der Waals surface area (Å²) in [5.74, 6) is 0.412. The summed E-state index contributed by atoms with van der Waals surface area (Å²) in [5.41, 5.74) is 13.1. The van der Waals surface area contributed by atoms with E-state index in [9.17, 15) is 5.11 Å². The SMILES string of the molecule is Cc1ccc(C(C)(C)Cc2cccc(O)c2CC(C)(C)c2ccc(C)c(C)c2C)c(C)c1C. The maximum Gasteiger partial charge on any atom is 0.119 e. The molecule has 176 valence electrons. The Kier molecular flexibility index (Phi) is 6.85. The number of benzene rings is 3. The molecule has 1 heteroatoms. The van der Waals surface area contributed by atoms with Crippen molar-refractivity contribution in [3.63, 3.8) is 0 Å². The molecule has 0 saturated heterocycles. The summed E-state index contributed by atoms with van der Waals surface area (Å²) in [6, 6.07) is 15.1. The van der Waals surface area contributed by atoms with Gasteiger partial charge in [-0.15, -0.1) is 0 Å². The number of aromatic hydroxyl groups is 1. The van der Waals surface area contributed by atoms with Crippen LogP contribution in [0.25, 0.3) is 0 Å². The largest absolute Gasteiger partial charge is 0.508 e. The van der Waals surface area contributed by atoms with Crippen molar-refractivity contribution in [1.82, 2.24) is 0 Å². The van der Waals surface area contributed by atoms with Crippen molar-refractivity contribution >= 4 is 0 Å². The third kappa shape index (κ3) is 4.88. The first kappa shape index (κ1) is 25.1. The number of aryl methyl sites for hydroxylation is 2. The van der Waals surface area contributed by atoms with E-state index in [2.05, 4.69) is 99.6 Å². The fourth-order valence-corrected chi connectivity index (χ4v) is 5.48. The van der Waals surface area contributed by atoms with Crippen LogP contribution in [-0.2, 0) is 23.7 Å². The van der Waals surface area contributed by atoms with Gasteiger partial charge in [0.25, 0.3) is 0 Å². The Labute approximate surface area is 201 Å². The van der Waals surface area contributed by atoms with Crippen molar-refractivity contribution in [2.45, 2.75) is 92.9 Å². The van der Waals surface area contributed by atoms with Crippen molar-refractivity contribution < 1.29 is 5.11 Å². The zero-order valence-electron chi connectivity index (χ0n) is 22.4. The molecule has 1 N–H and O–H groups in total. The van der Waals surface area contributed by atoms with Gasteiger partial charge >= 0.3 is 0 Å². The molecule has 0 fully saturated rings. The quantitative estimate of drug-likeness (QED) is 0.407. The summed E-state index contributed by atoms with van der Waals surface area (Å²) < 4.78 is 0. The molecule has 0 spiro atoms. The van der Waals surface area contributed by atoms with Gasteiger partial charge in [0.2, 0.25) is 0 Å². The first-order valence-corrected chi connectivity index (χ1v) is 12.2. The maximum atomic E-state index is 11.0. The van der Waals surface area contributed by atoms with E-state index in [0.29, 0.717) is 5.75 Å². The molecular weight excluding hydrogens is 400 g/mol. The van der Waals surface area contributed by atoms with Crippen LogP contribution in [0.5, 0.6) is 5.75 Å². The van der Waals surface area contributed by atoms with Gasteiger partial charge in [0.05, 0.1) is 0 Å². The molecule has 0 bridgehead atoms. The zero-order chi connectivity index (χ0) is 24.7.